The molecule has 1 aliphatic rings. The van der Waals surface area contributed by atoms with E-state index in [9.17, 15) is 4.79 Å². The Hall–Kier alpha value is -1.16. The standard InChI is InChI=1S/C19H33N3O/c1-4-19(23)9-5-6-10-21-11-7-8-17(13-21)14-22-15-18(12-20-22)16(2)3/h12,15-17H,4-11,13-14H2,1-3H3. The molecule has 0 N–H and O–H groups in total. The maximum Gasteiger partial charge on any atom is 0.132 e. The molecular formula is C19H33N3O. The molecule has 0 amide bonds. The Morgan fingerprint density at radius 1 is 1.39 bits per heavy atom. The highest BCUT2D eigenvalue weighted by molar-refractivity contribution is 5.77. The highest BCUT2D eigenvalue weighted by Crippen LogP contribution is 2.20. The van der Waals surface area contributed by atoms with Crippen molar-refractivity contribution in [3.05, 3.63) is 18.0 Å². The zero-order valence-corrected chi connectivity index (χ0v) is 15.1. The third kappa shape index (κ3) is 6.09. The number of aromatic nitrogens is 2. The molecule has 0 bridgehead atoms. The Morgan fingerprint density at radius 2 is 2.22 bits per heavy atom. The number of Topliss-reactive ketones (excluding diaryl/α,β-unsaturated/α-hetero) is 1. The molecule has 4 nitrogen and oxygen atoms in total. The van der Waals surface area contributed by atoms with Gasteiger partial charge in [0.25, 0.3) is 0 Å². The fourth-order valence-electron chi connectivity index (χ4n) is 3.38. The van der Waals surface area contributed by atoms with E-state index >= 15 is 0 Å². The Balaban J connectivity index is 1.71. The van der Waals surface area contributed by atoms with Crippen molar-refractivity contribution in [3.63, 3.8) is 0 Å². The molecule has 2 rings (SSSR count). The number of carbonyl (C=O) groups is 1. The Morgan fingerprint density at radius 3 is 2.91 bits per heavy atom. The van der Waals surface area contributed by atoms with Crippen molar-refractivity contribution in [2.75, 3.05) is 19.6 Å². The molecule has 1 aliphatic heterocycles. The van der Waals surface area contributed by atoms with Gasteiger partial charge >= 0.3 is 0 Å². The molecule has 1 unspecified atom stereocenters. The second-order valence-corrected chi connectivity index (χ2v) is 7.31. The summed E-state index contributed by atoms with van der Waals surface area (Å²) in [6, 6.07) is 0. The van der Waals surface area contributed by atoms with E-state index in [1.165, 1.54) is 31.5 Å². The van der Waals surface area contributed by atoms with Crippen LogP contribution in [0, 0.1) is 5.92 Å². The SMILES string of the molecule is CCC(=O)CCCCN1CCCC(Cn2cc(C(C)C)cn2)C1. The molecule has 23 heavy (non-hydrogen) atoms. The van der Waals surface area contributed by atoms with Crippen molar-refractivity contribution >= 4 is 5.78 Å². The zero-order chi connectivity index (χ0) is 16.7. The topological polar surface area (TPSA) is 38.1 Å². The van der Waals surface area contributed by atoms with Gasteiger partial charge in [0.1, 0.15) is 5.78 Å². The molecule has 1 saturated heterocycles. The summed E-state index contributed by atoms with van der Waals surface area (Å²) < 4.78 is 2.13. The summed E-state index contributed by atoms with van der Waals surface area (Å²) in [7, 11) is 0. The van der Waals surface area contributed by atoms with Gasteiger partial charge in [-0.25, -0.2) is 0 Å². The normalized spacial score (nSPS) is 19.4. The van der Waals surface area contributed by atoms with Crippen molar-refractivity contribution in [1.82, 2.24) is 14.7 Å². The fraction of sp³-hybridized carbons (Fsp3) is 0.789. The van der Waals surface area contributed by atoms with Crippen LogP contribution in [-0.4, -0.2) is 40.1 Å². The van der Waals surface area contributed by atoms with E-state index in [0.717, 1.165) is 32.4 Å². The van der Waals surface area contributed by atoms with Gasteiger partial charge in [0.15, 0.2) is 0 Å². The van der Waals surface area contributed by atoms with E-state index in [4.69, 9.17) is 0 Å². The van der Waals surface area contributed by atoms with Crippen LogP contribution < -0.4 is 0 Å². The summed E-state index contributed by atoms with van der Waals surface area (Å²) in [5, 5.41) is 4.52. The molecule has 0 saturated carbocycles. The highest BCUT2D eigenvalue weighted by Gasteiger charge is 2.20. The smallest absolute Gasteiger partial charge is 0.132 e. The molecule has 1 fully saturated rings. The maximum absolute atomic E-state index is 11.3. The minimum atomic E-state index is 0.404. The quantitative estimate of drug-likeness (QED) is 0.649. The van der Waals surface area contributed by atoms with Crippen molar-refractivity contribution < 1.29 is 4.79 Å². The second kappa shape index (κ2) is 9.21. The van der Waals surface area contributed by atoms with E-state index in [1.54, 1.807) is 0 Å². The van der Waals surface area contributed by atoms with Gasteiger partial charge in [-0.1, -0.05) is 20.8 Å². The van der Waals surface area contributed by atoms with E-state index in [2.05, 4.69) is 34.7 Å². The number of hydrogen-bond acceptors (Lipinski definition) is 3. The van der Waals surface area contributed by atoms with Gasteiger partial charge in [-0.2, -0.15) is 5.10 Å². The van der Waals surface area contributed by atoms with Gasteiger partial charge in [0, 0.05) is 32.1 Å². The molecule has 2 heterocycles. The van der Waals surface area contributed by atoms with E-state index in [1.807, 2.05) is 13.1 Å². The number of hydrogen-bond donors (Lipinski definition) is 0. The van der Waals surface area contributed by atoms with Crippen LogP contribution in [0.4, 0.5) is 0 Å². The van der Waals surface area contributed by atoms with Crippen LogP contribution in [0.2, 0.25) is 0 Å². The number of likely N-dealkylation sites (tertiary alicyclic amines) is 1. The van der Waals surface area contributed by atoms with Gasteiger partial charge in [-0.15, -0.1) is 0 Å². The number of ketones is 1. The van der Waals surface area contributed by atoms with Crippen LogP contribution in [-0.2, 0) is 11.3 Å². The van der Waals surface area contributed by atoms with Crippen molar-refractivity contribution in [2.45, 2.75) is 71.8 Å². The Bertz CT molecular complexity index is 481. The average molecular weight is 319 g/mol. The number of carbonyl (C=O) groups excluding carboxylic acids is 1. The first-order valence-electron chi connectivity index (χ1n) is 9.35. The molecule has 0 radical (unpaired) electrons. The number of piperidine rings is 1. The lowest BCUT2D eigenvalue weighted by atomic mass is 9.97. The molecule has 0 aliphatic carbocycles. The summed E-state index contributed by atoms with van der Waals surface area (Å²) >= 11 is 0. The van der Waals surface area contributed by atoms with Crippen LogP contribution in [0.15, 0.2) is 12.4 Å². The summed E-state index contributed by atoms with van der Waals surface area (Å²) in [5.41, 5.74) is 1.33. The van der Waals surface area contributed by atoms with E-state index in [0.29, 0.717) is 24.0 Å². The van der Waals surface area contributed by atoms with Crippen LogP contribution in [0.1, 0.15) is 70.8 Å². The monoisotopic (exact) mass is 319 g/mol. The fourth-order valence-corrected chi connectivity index (χ4v) is 3.38. The summed E-state index contributed by atoms with van der Waals surface area (Å²) in [6.07, 6.45) is 10.5. The van der Waals surface area contributed by atoms with Gasteiger partial charge in [0.2, 0.25) is 0 Å². The predicted octanol–water partition coefficient (Wildman–Crippen LogP) is 3.87. The van der Waals surface area contributed by atoms with Gasteiger partial charge in [0.05, 0.1) is 6.20 Å². The minimum Gasteiger partial charge on any atom is -0.303 e. The van der Waals surface area contributed by atoms with E-state index in [-0.39, 0.29) is 0 Å². The number of unbranched alkanes of at least 4 members (excludes halogenated alkanes) is 1. The maximum atomic E-state index is 11.3. The lowest BCUT2D eigenvalue weighted by Gasteiger charge is -2.32. The zero-order valence-electron chi connectivity index (χ0n) is 15.1. The van der Waals surface area contributed by atoms with Crippen LogP contribution in [0.3, 0.4) is 0 Å². The first-order chi connectivity index (χ1) is 11.1. The third-order valence-corrected chi connectivity index (χ3v) is 4.94. The van der Waals surface area contributed by atoms with Crippen molar-refractivity contribution in [3.8, 4) is 0 Å². The summed E-state index contributed by atoms with van der Waals surface area (Å²) in [4.78, 5) is 13.9. The molecule has 0 aromatic carbocycles. The number of rotatable bonds is 9. The molecule has 4 heteroatoms. The molecule has 1 aromatic heterocycles. The largest absolute Gasteiger partial charge is 0.303 e. The van der Waals surface area contributed by atoms with Crippen LogP contribution >= 0.6 is 0 Å². The Labute approximate surface area is 141 Å². The number of nitrogens with zero attached hydrogens (tertiary/aromatic N) is 3. The van der Waals surface area contributed by atoms with Crippen LogP contribution in [0.25, 0.3) is 0 Å². The summed E-state index contributed by atoms with van der Waals surface area (Å²) in [6.45, 7) is 11.0. The van der Waals surface area contributed by atoms with Crippen LogP contribution in [0.5, 0.6) is 0 Å². The molecule has 0 spiro atoms. The molecule has 1 atom stereocenters. The molecule has 1 aromatic rings. The predicted molar refractivity (Wildman–Crippen MR) is 94.6 cm³/mol. The highest BCUT2D eigenvalue weighted by atomic mass is 16.1. The van der Waals surface area contributed by atoms with Gasteiger partial charge in [-0.3, -0.25) is 9.48 Å². The second-order valence-electron chi connectivity index (χ2n) is 7.31. The Kier molecular flexibility index (Phi) is 7.28. The van der Waals surface area contributed by atoms with Crippen molar-refractivity contribution in [1.29, 1.82) is 0 Å². The molecular weight excluding hydrogens is 286 g/mol. The summed E-state index contributed by atoms with van der Waals surface area (Å²) in [5.74, 6) is 1.67. The van der Waals surface area contributed by atoms with Crippen molar-refractivity contribution in [2.24, 2.45) is 5.92 Å². The minimum absolute atomic E-state index is 0.404. The average Bonchev–Trinajstić information content (AvgIpc) is 3.00. The lowest BCUT2D eigenvalue weighted by Crippen LogP contribution is -2.37. The van der Waals surface area contributed by atoms with Gasteiger partial charge < -0.3 is 4.90 Å². The first-order valence-corrected chi connectivity index (χ1v) is 9.35. The van der Waals surface area contributed by atoms with Gasteiger partial charge in [-0.05, 0) is 56.2 Å². The third-order valence-electron chi connectivity index (χ3n) is 4.94. The van der Waals surface area contributed by atoms with E-state index < -0.39 is 0 Å². The lowest BCUT2D eigenvalue weighted by molar-refractivity contribution is -0.118. The first kappa shape index (κ1) is 18.2. The molecule has 130 valence electrons.